The lowest BCUT2D eigenvalue weighted by atomic mass is 10.2. The largest absolute Gasteiger partial charge is 0.335 e. The first kappa shape index (κ1) is 14.5. The summed E-state index contributed by atoms with van der Waals surface area (Å²) in [5, 5.41) is 5.65. The van der Waals surface area contributed by atoms with E-state index in [4.69, 9.17) is 0 Å². The third-order valence-electron chi connectivity index (χ3n) is 2.82. The summed E-state index contributed by atoms with van der Waals surface area (Å²) in [6.45, 7) is 7.94. The Bertz CT molecular complexity index is 398. The van der Waals surface area contributed by atoms with Gasteiger partial charge in [-0.25, -0.2) is 9.78 Å². The minimum Gasteiger partial charge on any atom is -0.335 e. The Balaban J connectivity index is 0. The standard InChI is InChI=1S/C12H17N3O.C2H6.2H2/c1-8-4-3-5-11(13-8)15-12(16)14-9(2)10-6-7-10;1-2;;/h3-5,9-10H,6-7H2,1-2H3,(H2,13,14,15,16);1-2H3;2*1H/t9-;;;/m0.../s1. The van der Waals surface area contributed by atoms with Gasteiger partial charge in [-0.05, 0) is 44.7 Å². The fourth-order valence-electron chi connectivity index (χ4n) is 1.69. The van der Waals surface area contributed by atoms with Crippen molar-refractivity contribution in [2.24, 2.45) is 5.92 Å². The van der Waals surface area contributed by atoms with E-state index in [2.05, 4.69) is 15.6 Å². The van der Waals surface area contributed by atoms with E-state index in [1.54, 1.807) is 6.07 Å². The first-order valence-electron chi connectivity index (χ1n) is 6.66. The van der Waals surface area contributed by atoms with E-state index in [1.165, 1.54) is 12.8 Å². The van der Waals surface area contributed by atoms with E-state index in [-0.39, 0.29) is 14.9 Å². The van der Waals surface area contributed by atoms with E-state index in [0.29, 0.717) is 11.7 Å². The van der Waals surface area contributed by atoms with Crippen molar-refractivity contribution in [2.45, 2.75) is 46.6 Å². The molecule has 1 aromatic heterocycles. The first-order valence-corrected chi connectivity index (χ1v) is 6.66. The molecule has 2 rings (SSSR count). The summed E-state index contributed by atoms with van der Waals surface area (Å²) >= 11 is 0. The molecule has 2 amide bonds. The zero-order valence-corrected chi connectivity index (χ0v) is 11.7. The van der Waals surface area contributed by atoms with Gasteiger partial charge in [0.25, 0.3) is 0 Å². The van der Waals surface area contributed by atoms with Crippen LogP contribution in [-0.2, 0) is 0 Å². The van der Waals surface area contributed by atoms with Crippen LogP contribution in [0, 0.1) is 12.8 Å². The van der Waals surface area contributed by atoms with E-state index < -0.39 is 0 Å². The van der Waals surface area contributed by atoms with Crippen LogP contribution < -0.4 is 10.6 Å². The van der Waals surface area contributed by atoms with Crippen LogP contribution in [0.5, 0.6) is 0 Å². The van der Waals surface area contributed by atoms with Gasteiger partial charge in [-0.15, -0.1) is 0 Å². The molecule has 0 aliphatic heterocycles. The molecule has 1 atom stereocenters. The number of carbonyl (C=O) groups is 1. The number of hydrogen-bond acceptors (Lipinski definition) is 2. The molecule has 4 heteroatoms. The molecule has 0 saturated heterocycles. The number of rotatable bonds is 3. The summed E-state index contributed by atoms with van der Waals surface area (Å²) in [5.74, 6) is 1.26. The Kier molecular flexibility index (Phi) is 5.62. The minimum atomic E-state index is -0.169. The lowest BCUT2D eigenvalue weighted by Gasteiger charge is -2.13. The lowest BCUT2D eigenvalue weighted by Crippen LogP contribution is -2.37. The summed E-state index contributed by atoms with van der Waals surface area (Å²) in [6, 6.07) is 5.65. The first-order chi connectivity index (χ1) is 8.65. The van der Waals surface area contributed by atoms with Crippen molar-refractivity contribution in [3.63, 3.8) is 0 Å². The van der Waals surface area contributed by atoms with Crippen LogP contribution in [0.2, 0.25) is 0 Å². The molecule has 1 fully saturated rings. The summed E-state index contributed by atoms with van der Waals surface area (Å²) < 4.78 is 0. The fraction of sp³-hybridized carbons (Fsp3) is 0.571. The molecule has 1 saturated carbocycles. The average Bonchev–Trinajstić information content (AvgIpc) is 3.15. The molecule has 0 radical (unpaired) electrons. The monoisotopic (exact) mass is 253 g/mol. The highest BCUT2D eigenvalue weighted by Crippen LogP contribution is 2.32. The van der Waals surface area contributed by atoms with Gasteiger partial charge in [-0.3, -0.25) is 5.32 Å². The Morgan fingerprint density at radius 1 is 1.44 bits per heavy atom. The Labute approximate surface area is 112 Å². The molecule has 1 aliphatic carbocycles. The maximum Gasteiger partial charge on any atom is 0.320 e. The van der Waals surface area contributed by atoms with Crippen LogP contribution in [0.1, 0.15) is 42.2 Å². The number of aryl methyl sites for hydroxylation is 1. The van der Waals surface area contributed by atoms with Crippen LogP contribution in [-0.4, -0.2) is 17.1 Å². The molecule has 18 heavy (non-hydrogen) atoms. The van der Waals surface area contributed by atoms with Gasteiger partial charge in [0.1, 0.15) is 5.82 Å². The Morgan fingerprint density at radius 2 is 2.11 bits per heavy atom. The Hall–Kier alpha value is -1.58. The molecule has 4 nitrogen and oxygen atoms in total. The highest BCUT2D eigenvalue weighted by atomic mass is 16.2. The van der Waals surface area contributed by atoms with Gasteiger partial charge >= 0.3 is 6.03 Å². The lowest BCUT2D eigenvalue weighted by molar-refractivity contribution is 0.248. The van der Waals surface area contributed by atoms with E-state index in [9.17, 15) is 4.79 Å². The number of amides is 2. The minimum absolute atomic E-state index is 0. The van der Waals surface area contributed by atoms with Crippen LogP contribution >= 0.6 is 0 Å². The number of hydrogen-bond donors (Lipinski definition) is 2. The molecule has 0 unspecified atom stereocenters. The number of anilines is 1. The SMILES string of the molecule is CC.Cc1cccc(NC(=O)N[C@@H](C)C2CC2)n1.[HH].[HH]. The van der Waals surface area contributed by atoms with Gasteiger partial charge in [0, 0.05) is 14.6 Å². The number of nitrogens with one attached hydrogen (secondary N) is 2. The molecule has 1 aliphatic rings. The van der Waals surface area contributed by atoms with Crippen LogP contribution in [0.4, 0.5) is 10.6 Å². The van der Waals surface area contributed by atoms with Gasteiger partial charge in [-0.2, -0.15) is 0 Å². The van der Waals surface area contributed by atoms with E-state index in [1.807, 2.05) is 39.8 Å². The van der Waals surface area contributed by atoms with Gasteiger partial charge in [-0.1, -0.05) is 19.9 Å². The average molecular weight is 253 g/mol. The molecule has 1 heterocycles. The third-order valence-corrected chi connectivity index (χ3v) is 2.82. The predicted octanol–water partition coefficient (Wildman–Crippen LogP) is 3.83. The summed E-state index contributed by atoms with van der Waals surface area (Å²) in [6.07, 6.45) is 2.45. The number of aromatic nitrogens is 1. The van der Waals surface area contributed by atoms with Crippen LogP contribution in [0.3, 0.4) is 0 Å². The fourth-order valence-corrected chi connectivity index (χ4v) is 1.69. The highest BCUT2D eigenvalue weighted by molar-refractivity contribution is 5.88. The molecule has 1 aromatic rings. The normalized spacial score (nSPS) is 15.1. The predicted molar refractivity (Wildman–Crippen MR) is 78.9 cm³/mol. The second-order valence-corrected chi connectivity index (χ2v) is 4.39. The topological polar surface area (TPSA) is 54.0 Å². The molecule has 0 aromatic carbocycles. The number of pyridine rings is 1. The van der Waals surface area contributed by atoms with Crippen LogP contribution in [0.15, 0.2) is 18.2 Å². The van der Waals surface area contributed by atoms with Gasteiger partial charge in [0.2, 0.25) is 0 Å². The smallest absolute Gasteiger partial charge is 0.320 e. The maximum atomic E-state index is 11.6. The van der Waals surface area contributed by atoms with Gasteiger partial charge < -0.3 is 5.32 Å². The van der Waals surface area contributed by atoms with Gasteiger partial charge in [0.05, 0.1) is 0 Å². The third kappa shape index (κ3) is 4.73. The van der Waals surface area contributed by atoms with Crippen LogP contribution in [0.25, 0.3) is 0 Å². The van der Waals surface area contributed by atoms with Crippen molar-refractivity contribution >= 4 is 11.8 Å². The molecular weight excluding hydrogens is 226 g/mol. The summed E-state index contributed by atoms with van der Waals surface area (Å²) in [7, 11) is 0. The molecular formula is C14H27N3O. The van der Waals surface area contributed by atoms with Crippen molar-refractivity contribution in [2.75, 3.05) is 5.32 Å². The molecule has 104 valence electrons. The van der Waals surface area contributed by atoms with Crippen molar-refractivity contribution in [1.82, 2.24) is 10.3 Å². The van der Waals surface area contributed by atoms with Crippen molar-refractivity contribution in [1.29, 1.82) is 0 Å². The zero-order chi connectivity index (χ0) is 13.5. The van der Waals surface area contributed by atoms with Crippen molar-refractivity contribution in [3.05, 3.63) is 23.9 Å². The summed E-state index contributed by atoms with van der Waals surface area (Å²) in [5.41, 5.74) is 0.896. The second-order valence-electron chi connectivity index (χ2n) is 4.39. The molecule has 0 spiro atoms. The number of nitrogens with zero attached hydrogens (tertiary/aromatic N) is 1. The van der Waals surface area contributed by atoms with E-state index in [0.717, 1.165) is 5.69 Å². The quantitative estimate of drug-likeness (QED) is 0.860. The van der Waals surface area contributed by atoms with E-state index >= 15 is 0 Å². The van der Waals surface area contributed by atoms with Gasteiger partial charge in [0.15, 0.2) is 0 Å². The zero-order valence-electron chi connectivity index (χ0n) is 11.7. The Morgan fingerprint density at radius 3 is 2.67 bits per heavy atom. The maximum absolute atomic E-state index is 11.6. The number of urea groups is 1. The molecule has 0 bridgehead atoms. The highest BCUT2D eigenvalue weighted by Gasteiger charge is 2.28. The molecule has 2 N–H and O–H groups in total. The van der Waals surface area contributed by atoms with Crippen molar-refractivity contribution < 1.29 is 7.65 Å². The van der Waals surface area contributed by atoms with Crippen molar-refractivity contribution in [3.8, 4) is 0 Å². The number of carbonyl (C=O) groups excluding carboxylic acids is 1. The summed E-state index contributed by atoms with van der Waals surface area (Å²) in [4.78, 5) is 15.8. The second kappa shape index (κ2) is 6.99.